The van der Waals surface area contributed by atoms with Gasteiger partial charge in [-0.2, -0.15) is 0 Å². The summed E-state index contributed by atoms with van der Waals surface area (Å²) in [5.74, 6) is 0. The zero-order chi connectivity index (χ0) is 11.7. The van der Waals surface area contributed by atoms with Crippen molar-refractivity contribution in [3.8, 4) is 0 Å². The van der Waals surface area contributed by atoms with Crippen LogP contribution < -0.4 is 0 Å². The summed E-state index contributed by atoms with van der Waals surface area (Å²) in [5.41, 5.74) is 0. The molecule has 0 heterocycles. The number of hydrogen-bond donors (Lipinski definition) is 0. The Morgan fingerprint density at radius 3 is 2.53 bits per heavy atom. The summed E-state index contributed by atoms with van der Waals surface area (Å²) in [7, 11) is 0. The minimum Gasteiger partial charge on any atom is -0.442 e. The van der Waals surface area contributed by atoms with E-state index in [1.807, 2.05) is 13.8 Å². The average molecular weight is 325 g/mol. The number of carbonyl (C=O) groups excluding carboxylic acids is 1. The third-order valence-corrected chi connectivity index (χ3v) is 2.92. The highest BCUT2D eigenvalue weighted by Gasteiger charge is 2.15. The van der Waals surface area contributed by atoms with Crippen molar-refractivity contribution in [1.29, 1.82) is 0 Å². The fourth-order valence-electron chi connectivity index (χ4n) is 1.19. The van der Waals surface area contributed by atoms with Gasteiger partial charge in [-0.1, -0.05) is 35.2 Å². The molecule has 0 aromatic carbocycles. The first-order valence-corrected chi connectivity index (χ1v) is 6.86. The number of nitrogens with zero attached hydrogens (tertiary/aromatic N) is 1. The Labute approximate surface area is 106 Å². The van der Waals surface area contributed by atoms with E-state index in [9.17, 15) is 4.79 Å². The molecule has 0 fully saturated rings. The number of amides is 1. The molecule has 0 rings (SSSR count). The van der Waals surface area contributed by atoms with Crippen molar-refractivity contribution in [2.75, 3.05) is 17.5 Å². The molecule has 88 valence electrons. The van der Waals surface area contributed by atoms with Gasteiger partial charge >= 0.3 is 6.09 Å². The van der Waals surface area contributed by atoms with Crippen molar-refractivity contribution in [2.24, 2.45) is 0 Å². The summed E-state index contributed by atoms with van der Waals surface area (Å²) in [6.45, 7) is 8.94. The largest absolute Gasteiger partial charge is 0.442 e. The van der Waals surface area contributed by atoms with Crippen LogP contribution in [0.1, 0.15) is 26.7 Å². The van der Waals surface area contributed by atoms with Crippen molar-refractivity contribution in [3.05, 3.63) is 12.7 Å². The van der Waals surface area contributed by atoms with E-state index in [1.165, 1.54) is 0 Å². The first-order chi connectivity index (χ1) is 7.19. The maximum Gasteiger partial charge on any atom is 0.410 e. The molecule has 0 radical (unpaired) electrons. The number of hydrogen-bond acceptors (Lipinski definition) is 2. The van der Waals surface area contributed by atoms with Gasteiger partial charge in [-0.3, -0.25) is 0 Å². The number of halogens is 1. The lowest BCUT2D eigenvalue weighted by atomic mass is 10.2. The normalized spacial score (nSPS) is 11.9. The second kappa shape index (κ2) is 9.00. The number of ether oxygens (including phenoxy) is 1. The Bertz CT molecular complexity index is 193. The van der Waals surface area contributed by atoms with Crippen molar-refractivity contribution in [2.45, 2.75) is 32.8 Å². The Hall–Kier alpha value is -0.260. The van der Waals surface area contributed by atoms with Crippen LogP contribution in [0.5, 0.6) is 0 Å². The smallest absolute Gasteiger partial charge is 0.410 e. The van der Waals surface area contributed by atoms with Gasteiger partial charge in [0.05, 0.1) is 0 Å². The van der Waals surface area contributed by atoms with E-state index in [2.05, 4.69) is 29.2 Å². The van der Waals surface area contributed by atoms with Crippen LogP contribution in [0.2, 0.25) is 0 Å². The molecule has 3 nitrogen and oxygen atoms in total. The quantitative estimate of drug-likeness (QED) is 0.409. The Balaban J connectivity index is 4.04. The highest BCUT2D eigenvalue weighted by atomic mass is 127. The highest BCUT2D eigenvalue weighted by Crippen LogP contribution is 2.08. The van der Waals surface area contributed by atoms with Gasteiger partial charge in [0.2, 0.25) is 0 Å². The van der Waals surface area contributed by atoms with Crippen LogP contribution in [0.25, 0.3) is 0 Å². The molecule has 0 saturated carbocycles. The predicted octanol–water partition coefficient (Wildman–Crippen LogP) is 3.23. The third-order valence-electron chi connectivity index (χ3n) is 2.16. The van der Waals surface area contributed by atoms with Gasteiger partial charge in [0.1, 0.15) is 6.10 Å². The van der Waals surface area contributed by atoms with Crippen LogP contribution in [0.3, 0.4) is 0 Å². The monoisotopic (exact) mass is 325 g/mol. The van der Waals surface area contributed by atoms with E-state index in [-0.39, 0.29) is 12.2 Å². The first kappa shape index (κ1) is 14.7. The fraction of sp³-hybridized carbons (Fsp3) is 0.727. The minimum absolute atomic E-state index is 0.145. The highest BCUT2D eigenvalue weighted by molar-refractivity contribution is 14.1. The van der Waals surface area contributed by atoms with E-state index in [0.717, 1.165) is 17.3 Å². The molecule has 0 saturated heterocycles. The van der Waals surface area contributed by atoms with Gasteiger partial charge in [-0.25, -0.2) is 4.79 Å². The van der Waals surface area contributed by atoms with Crippen LogP contribution >= 0.6 is 22.6 Å². The molecule has 1 atom stereocenters. The third kappa shape index (κ3) is 6.02. The second-order valence-electron chi connectivity index (χ2n) is 3.16. The van der Waals surface area contributed by atoms with E-state index >= 15 is 0 Å². The lowest BCUT2D eigenvalue weighted by Gasteiger charge is -2.21. The molecule has 0 aliphatic heterocycles. The summed E-state index contributed by atoms with van der Waals surface area (Å²) < 4.78 is 6.39. The maximum absolute atomic E-state index is 11.6. The van der Waals surface area contributed by atoms with Gasteiger partial charge in [-0.05, 0) is 31.1 Å². The molecule has 0 bridgehead atoms. The number of carbonyl (C=O) groups is 1. The topological polar surface area (TPSA) is 29.5 Å². The predicted molar refractivity (Wildman–Crippen MR) is 71.5 cm³/mol. The number of rotatable bonds is 7. The lowest BCUT2D eigenvalue weighted by Crippen LogP contribution is -2.33. The van der Waals surface area contributed by atoms with Crippen LogP contribution in [-0.4, -0.2) is 34.6 Å². The average Bonchev–Trinajstić information content (AvgIpc) is 2.25. The molecule has 1 amide bonds. The van der Waals surface area contributed by atoms with Crippen molar-refractivity contribution < 1.29 is 9.53 Å². The van der Waals surface area contributed by atoms with Gasteiger partial charge in [0, 0.05) is 13.1 Å². The standard InChI is InChI=1S/C11H20INO2/c1-4-10(8-7-9-12)15-11(14)13(5-2)6-3/h4,10H,1,5-9H2,2-3H3. The van der Waals surface area contributed by atoms with Gasteiger partial charge < -0.3 is 9.64 Å². The second-order valence-corrected chi connectivity index (χ2v) is 4.24. The van der Waals surface area contributed by atoms with Crippen molar-refractivity contribution in [1.82, 2.24) is 4.90 Å². The van der Waals surface area contributed by atoms with E-state index in [0.29, 0.717) is 13.1 Å². The summed E-state index contributed by atoms with van der Waals surface area (Å²) >= 11 is 2.31. The molecule has 15 heavy (non-hydrogen) atoms. The van der Waals surface area contributed by atoms with Crippen LogP contribution in [-0.2, 0) is 4.74 Å². The Morgan fingerprint density at radius 1 is 1.53 bits per heavy atom. The summed E-state index contributed by atoms with van der Waals surface area (Å²) in [6, 6.07) is 0. The molecule has 4 heteroatoms. The SMILES string of the molecule is C=CC(CCCI)OC(=O)N(CC)CC. The van der Waals surface area contributed by atoms with E-state index in [4.69, 9.17) is 4.74 Å². The Morgan fingerprint density at radius 2 is 2.13 bits per heavy atom. The molecular formula is C11H20INO2. The molecule has 0 N–H and O–H groups in total. The summed E-state index contributed by atoms with van der Waals surface area (Å²) in [5, 5.41) is 0. The fourth-order valence-corrected chi connectivity index (χ4v) is 1.63. The van der Waals surface area contributed by atoms with Gasteiger partial charge in [0.25, 0.3) is 0 Å². The van der Waals surface area contributed by atoms with Crippen molar-refractivity contribution in [3.63, 3.8) is 0 Å². The summed E-state index contributed by atoms with van der Waals surface area (Å²) in [6.07, 6.45) is 3.22. The molecular weight excluding hydrogens is 305 g/mol. The Kier molecular flexibility index (Phi) is 8.85. The molecule has 0 aliphatic carbocycles. The van der Waals surface area contributed by atoms with E-state index < -0.39 is 0 Å². The van der Waals surface area contributed by atoms with E-state index in [1.54, 1.807) is 11.0 Å². The number of alkyl halides is 1. The van der Waals surface area contributed by atoms with Crippen molar-refractivity contribution >= 4 is 28.7 Å². The lowest BCUT2D eigenvalue weighted by molar-refractivity contribution is 0.0802. The molecule has 1 unspecified atom stereocenters. The minimum atomic E-state index is -0.238. The molecule has 0 aliphatic rings. The molecule has 0 aromatic heterocycles. The first-order valence-electron chi connectivity index (χ1n) is 5.33. The molecule has 0 aromatic rings. The van der Waals surface area contributed by atoms with Crippen LogP contribution in [0, 0.1) is 0 Å². The van der Waals surface area contributed by atoms with Gasteiger partial charge in [0.15, 0.2) is 0 Å². The zero-order valence-corrected chi connectivity index (χ0v) is 11.7. The van der Waals surface area contributed by atoms with Gasteiger partial charge in [-0.15, -0.1) is 0 Å². The van der Waals surface area contributed by atoms with Crippen LogP contribution in [0.15, 0.2) is 12.7 Å². The molecule has 0 spiro atoms. The summed E-state index contributed by atoms with van der Waals surface area (Å²) in [4.78, 5) is 13.3. The zero-order valence-electron chi connectivity index (χ0n) is 9.54. The maximum atomic E-state index is 11.6. The van der Waals surface area contributed by atoms with Crippen LogP contribution in [0.4, 0.5) is 4.79 Å².